The molecule has 2 N–H and O–H groups in total. The summed E-state index contributed by atoms with van der Waals surface area (Å²) in [5.41, 5.74) is 4.10. The summed E-state index contributed by atoms with van der Waals surface area (Å²) in [4.78, 5) is 49.9. The van der Waals surface area contributed by atoms with Gasteiger partial charge in [0.15, 0.2) is 6.61 Å². The number of hydrazine groups is 1. The summed E-state index contributed by atoms with van der Waals surface area (Å²) in [6.07, 6.45) is 0. The average Bonchev–Trinajstić information content (AvgIpc) is 2.73. The molecule has 3 amide bonds. The van der Waals surface area contributed by atoms with Gasteiger partial charge in [-0.2, -0.15) is 0 Å². The van der Waals surface area contributed by atoms with Crippen molar-refractivity contribution < 1.29 is 23.5 Å². The Morgan fingerprint density at radius 3 is 2.62 bits per heavy atom. The second-order valence-electron chi connectivity index (χ2n) is 6.22. The fraction of sp³-hybridized carbons (Fsp3) is 0.100. The molecule has 0 unspecified atom stereocenters. The first-order chi connectivity index (χ1) is 14.0. The molecule has 1 aliphatic heterocycles. The van der Waals surface area contributed by atoms with E-state index in [0.29, 0.717) is 22.4 Å². The number of amides is 3. The van der Waals surface area contributed by atoms with Gasteiger partial charge in [0, 0.05) is 5.39 Å². The molecular weight excluding hydrogens is 378 g/mol. The lowest BCUT2D eigenvalue weighted by Gasteiger charge is -2.28. The Morgan fingerprint density at radius 1 is 1.00 bits per heavy atom. The molecule has 1 aliphatic rings. The van der Waals surface area contributed by atoms with Gasteiger partial charge in [-0.3, -0.25) is 30.1 Å². The maximum Gasteiger partial charge on any atom is 0.349 e. The predicted octanol–water partition coefficient (Wildman–Crippen LogP) is 0.980. The van der Waals surface area contributed by atoms with Crippen molar-refractivity contribution in [3.05, 3.63) is 70.6 Å². The molecule has 4 rings (SSSR count). The number of nitrogens with zero attached hydrogens (tertiary/aromatic N) is 1. The van der Waals surface area contributed by atoms with Gasteiger partial charge in [-0.15, -0.1) is 0 Å². The molecule has 9 nitrogen and oxygen atoms in total. The Morgan fingerprint density at radius 2 is 1.76 bits per heavy atom. The summed E-state index contributed by atoms with van der Waals surface area (Å²) >= 11 is 0. The van der Waals surface area contributed by atoms with Gasteiger partial charge in [-0.05, 0) is 24.3 Å². The molecule has 0 atom stereocenters. The summed E-state index contributed by atoms with van der Waals surface area (Å²) in [6, 6.07) is 14.9. The van der Waals surface area contributed by atoms with Crippen LogP contribution < -0.4 is 26.1 Å². The van der Waals surface area contributed by atoms with Crippen molar-refractivity contribution in [3.63, 3.8) is 0 Å². The van der Waals surface area contributed by atoms with E-state index in [1.165, 1.54) is 11.0 Å². The maximum absolute atomic E-state index is 12.3. The van der Waals surface area contributed by atoms with Crippen LogP contribution in [0.15, 0.2) is 63.8 Å². The Kier molecular flexibility index (Phi) is 4.70. The van der Waals surface area contributed by atoms with Crippen LogP contribution in [0.5, 0.6) is 5.75 Å². The van der Waals surface area contributed by atoms with Gasteiger partial charge < -0.3 is 9.15 Å². The number of fused-ring (bicyclic) bond motifs is 2. The molecule has 0 aliphatic carbocycles. The molecule has 0 saturated heterocycles. The van der Waals surface area contributed by atoms with Gasteiger partial charge in [0.1, 0.15) is 23.4 Å². The minimum Gasteiger partial charge on any atom is -0.482 e. The van der Waals surface area contributed by atoms with Crippen molar-refractivity contribution in [2.75, 3.05) is 18.1 Å². The highest BCUT2D eigenvalue weighted by Gasteiger charge is 2.27. The fourth-order valence-corrected chi connectivity index (χ4v) is 2.92. The van der Waals surface area contributed by atoms with Crippen LogP contribution in [0, 0.1) is 0 Å². The lowest BCUT2D eigenvalue weighted by molar-refractivity contribution is -0.125. The van der Waals surface area contributed by atoms with Crippen LogP contribution in [0.2, 0.25) is 0 Å². The number of ether oxygens (including phenoxy) is 1. The Balaban J connectivity index is 1.44. The number of benzene rings is 2. The minimum absolute atomic E-state index is 0.186. The van der Waals surface area contributed by atoms with E-state index in [0.717, 1.165) is 0 Å². The van der Waals surface area contributed by atoms with Gasteiger partial charge in [-0.1, -0.05) is 30.3 Å². The van der Waals surface area contributed by atoms with Gasteiger partial charge in [0.05, 0.1) is 5.69 Å². The zero-order valence-corrected chi connectivity index (χ0v) is 15.0. The number of anilines is 1. The minimum atomic E-state index is -0.827. The highest BCUT2D eigenvalue weighted by molar-refractivity contribution is 6.03. The van der Waals surface area contributed by atoms with Crippen LogP contribution >= 0.6 is 0 Å². The van der Waals surface area contributed by atoms with E-state index in [9.17, 15) is 19.2 Å². The van der Waals surface area contributed by atoms with Crippen LogP contribution in [0.25, 0.3) is 11.0 Å². The standard InChI is InChI=1S/C20H15N3O6/c24-17(10-23-14-6-2-4-8-16(14)28-11-18(23)25)21-22-19(26)13-9-12-5-1-3-7-15(12)29-20(13)27/h1-9H,10-11H2,(H,21,24)(H,22,26). The Hall–Kier alpha value is -4.14. The summed E-state index contributed by atoms with van der Waals surface area (Å²) in [6.45, 7) is -0.513. The van der Waals surface area contributed by atoms with Gasteiger partial charge in [0.25, 0.3) is 17.7 Å². The predicted molar refractivity (Wildman–Crippen MR) is 102 cm³/mol. The van der Waals surface area contributed by atoms with Crippen LogP contribution in [0.4, 0.5) is 5.69 Å². The summed E-state index contributed by atoms with van der Waals surface area (Å²) in [5.74, 6) is -1.38. The zero-order chi connectivity index (χ0) is 20.4. The number of carbonyl (C=O) groups excluding carboxylic acids is 3. The maximum atomic E-state index is 12.3. The van der Waals surface area contributed by atoms with Crippen LogP contribution in [-0.2, 0) is 9.59 Å². The van der Waals surface area contributed by atoms with Crippen molar-refractivity contribution in [1.29, 1.82) is 0 Å². The Bertz CT molecular complexity index is 1190. The third kappa shape index (κ3) is 3.65. The zero-order valence-electron chi connectivity index (χ0n) is 15.0. The van der Waals surface area contributed by atoms with Crippen molar-refractivity contribution >= 4 is 34.4 Å². The molecule has 2 aromatic carbocycles. The SMILES string of the molecule is O=C(CN1C(=O)COc2ccccc21)NNC(=O)c1cc2ccccc2oc1=O. The first kappa shape index (κ1) is 18.2. The molecule has 9 heteroatoms. The monoisotopic (exact) mass is 393 g/mol. The van der Waals surface area contributed by atoms with E-state index in [1.54, 1.807) is 48.5 Å². The smallest absolute Gasteiger partial charge is 0.349 e. The van der Waals surface area contributed by atoms with E-state index >= 15 is 0 Å². The molecule has 2 heterocycles. The average molecular weight is 393 g/mol. The van der Waals surface area contributed by atoms with E-state index in [2.05, 4.69) is 10.9 Å². The van der Waals surface area contributed by atoms with Crippen molar-refractivity contribution in [2.45, 2.75) is 0 Å². The molecule has 0 spiro atoms. The Labute approximate surface area is 163 Å². The molecule has 3 aromatic rings. The number of rotatable bonds is 3. The molecule has 0 fully saturated rings. The summed E-state index contributed by atoms with van der Waals surface area (Å²) in [5, 5.41) is 0.569. The quantitative estimate of drug-likeness (QED) is 0.506. The molecule has 29 heavy (non-hydrogen) atoms. The number of hydrogen-bond donors (Lipinski definition) is 2. The van der Waals surface area contributed by atoms with E-state index in [1.807, 2.05) is 0 Å². The molecule has 0 bridgehead atoms. The van der Waals surface area contributed by atoms with Crippen molar-refractivity contribution in [2.24, 2.45) is 0 Å². The number of carbonyl (C=O) groups is 3. The van der Waals surface area contributed by atoms with Crippen molar-refractivity contribution in [1.82, 2.24) is 10.9 Å². The highest BCUT2D eigenvalue weighted by Crippen LogP contribution is 2.31. The third-order valence-corrected chi connectivity index (χ3v) is 4.31. The number of hydrogen-bond acceptors (Lipinski definition) is 6. The van der Waals surface area contributed by atoms with Crippen LogP contribution in [-0.4, -0.2) is 30.9 Å². The lowest BCUT2D eigenvalue weighted by Crippen LogP contribution is -2.50. The van der Waals surface area contributed by atoms with Gasteiger partial charge in [0.2, 0.25) is 0 Å². The molecular formula is C20H15N3O6. The van der Waals surface area contributed by atoms with E-state index < -0.39 is 17.4 Å². The first-order valence-corrected chi connectivity index (χ1v) is 8.67. The molecule has 0 saturated carbocycles. The topological polar surface area (TPSA) is 118 Å². The third-order valence-electron chi connectivity index (χ3n) is 4.31. The van der Waals surface area contributed by atoms with Gasteiger partial charge >= 0.3 is 5.63 Å². The van der Waals surface area contributed by atoms with Crippen molar-refractivity contribution in [3.8, 4) is 5.75 Å². The summed E-state index contributed by atoms with van der Waals surface area (Å²) < 4.78 is 10.4. The molecule has 0 radical (unpaired) electrons. The van der Waals surface area contributed by atoms with Crippen LogP contribution in [0.1, 0.15) is 10.4 Å². The first-order valence-electron chi connectivity index (χ1n) is 8.67. The highest BCUT2D eigenvalue weighted by atomic mass is 16.5. The largest absolute Gasteiger partial charge is 0.482 e. The normalized spacial score (nSPS) is 12.8. The fourth-order valence-electron chi connectivity index (χ4n) is 2.92. The van der Waals surface area contributed by atoms with E-state index in [-0.39, 0.29) is 24.6 Å². The number of para-hydroxylation sites is 3. The number of nitrogens with one attached hydrogen (secondary N) is 2. The molecule has 1 aromatic heterocycles. The second kappa shape index (κ2) is 7.47. The van der Waals surface area contributed by atoms with E-state index in [4.69, 9.17) is 9.15 Å². The summed E-state index contributed by atoms with van der Waals surface area (Å²) in [7, 11) is 0. The molecule has 146 valence electrons. The van der Waals surface area contributed by atoms with Crippen LogP contribution in [0.3, 0.4) is 0 Å². The lowest BCUT2D eigenvalue weighted by atomic mass is 10.2. The van der Waals surface area contributed by atoms with Gasteiger partial charge in [-0.25, -0.2) is 4.79 Å². The second-order valence-corrected chi connectivity index (χ2v) is 6.22.